The van der Waals surface area contributed by atoms with Crippen molar-refractivity contribution in [3.63, 3.8) is 0 Å². The number of rotatable bonds is 5. The van der Waals surface area contributed by atoms with E-state index in [2.05, 4.69) is 5.16 Å². The smallest absolute Gasteiger partial charge is 0.119 e. The highest BCUT2D eigenvalue weighted by molar-refractivity contribution is 6.00. The number of hydrogen-bond donors (Lipinski definition) is 2. The summed E-state index contributed by atoms with van der Waals surface area (Å²) in [6.07, 6.45) is 0.671. The summed E-state index contributed by atoms with van der Waals surface area (Å²) in [5.74, 6) is 0.990. The molecule has 104 valence electrons. The average Bonchev–Trinajstić information content (AvgIpc) is 2.49. The van der Waals surface area contributed by atoms with E-state index < -0.39 is 0 Å². The molecule has 0 radical (unpaired) electrons. The van der Waals surface area contributed by atoms with Crippen LogP contribution in [0.3, 0.4) is 0 Å². The lowest BCUT2D eigenvalue weighted by atomic mass is 10.1. The number of benzene rings is 2. The van der Waals surface area contributed by atoms with Gasteiger partial charge in [-0.05, 0) is 53.9 Å². The molecular formula is C16H17NO3. The second kappa shape index (κ2) is 6.61. The Labute approximate surface area is 117 Å². The van der Waals surface area contributed by atoms with Crippen LogP contribution in [0.15, 0.2) is 53.7 Å². The predicted molar refractivity (Wildman–Crippen MR) is 77.5 cm³/mol. The Hall–Kier alpha value is -2.49. The number of nitrogens with zero attached hydrogens (tertiary/aromatic N) is 1. The molecule has 2 N–H and O–H groups in total. The third-order valence-electron chi connectivity index (χ3n) is 2.98. The summed E-state index contributed by atoms with van der Waals surface area (Å²) in [6.45, 7) is 2.37. The van der Waals surface area contributed by atoms with Crippen molar-refractivity contribution in [2.45, 2.75) is 20.0 Å². The van der Waals surface area contributed by atoms with Gasteiger partial charge in [-0.2, -0.15) is 0 Å². The van der Waals surface area contributed by atoms with Crippen LogP contribution >= 0.6 is 0 Å². The Balaban J connectivity index is 1.99. The lowest BCUT2D eigenvalue weighted by Gasteiger charge is -2.07. The summed E-state index contributed by atoms with van der Waals surface area (Å²) in [5.41, 5.74) is 2.51. The monoisotopic (exact) mass is 271 g/mol. The zero-order chi connectivity index (χ0) is 14.4. The van der Waals surface area contributed by atoms with E-state index in [0.717, 1.165) is 16.9 Å². The molecule has 0 heterocycles. The SMILES string of the molecule is CC/C(=N/O)c1ccc(OCc2ccc(O)cc2)cc1. The first kappa shape index (κ1) is 13.9. The molecule has 0 aliphatic carbocycles. The van der Waals surface area contributed by atoms with E-state index in [-0.39, 0.29) is 5.75 Å². The fourth-order valence-corrected chi connectivity index (χ4v) is 1.83. The number of aromatic hydroxyl groups is 1. The molecule has 0 saturated heterocycles. The first-order chi connectivity index (χ1) is 9.72. The number of oxime groups is 1. The fraction of sp³-hybridized carbons (Fsp3) is 0.188. The van der Waals surface area contributed by atoms with Gasteiger partial charge in [-0.3, -0.25) is 0 Å². The fourth-order valence-electron chi connectivity index (χ4n) is 1.83. The van der Waals surface area contributed by atoms with E-state index in [1.54, 1.807) is 12.1 Å². The van der Waals surface area contributed by atoms with Gasteiger partial charge < -0.3 is 15.1 Å². The summed E-state index contributed by atoms with van der Waals surface area (Å²) in [6, 6.07) is 14.3. The van der Waals surface area contributed by atoms with Crippen LogP contribution in [0.2, 0.25) is 0 Å². The standard InChI is InChI=1S/C16H17NO3/c1-2-16(17-19)13-5-9-15(10-6-13)20-11-12-3-7-14(18)8-4-12/h3-10,18-19H,2,11H2,1H3/b17-16-. The number of hydrogen-bond acceptors (Lipinski definition) is 4. The lowest BCUT2D eigenvalue weighted by Crippen LogP contribution is -1.99. The third-order valence-corrected chi connectivity index (χ3v) is 2.98. The number of phenolic OH excluding ortho intramolecular Hbond substituents is 1. The Bertz CT molecular complexity index is 574. The third kappa shape index (κ3) is 3.51. The Morgan fingerprint density at radius 2 is 1.70 bits per heavy atom. The van der Waals surface area contributed by atoms with Crippen LogP contribution in [0.1, 0.15) is 24.5 Å². The molecule has 0 fully saturated rings. The maximum Gasteiger partial charge on any atom is 0.119 e. The van der Waals surface area contributed by atoms with E-state index in [0.29, 0.717) is 18.7 Å². The molecule has 4 heteroatoms. The zero-order valence-corrected chi connectivity index (χ0v) is 11.3. The second-order valence-electron chi connectivity index (χ2n) is 4.38. The summed E-state index contributed by atoms with van der Waals surface area (Å²) >= 11 is 0. The molecule has 0 saturated carbocycles. The van der Waals surface area contributed by atoms with Gasteiger partial charge in [0, 0.05) is 0 Å². The summed E-state index contributed by atoms with van der Waals surface area (Å²) in [7, 11) is 0. The minimum Gasteiger partial charge on any atom is -0.508 e. The largest absolute Gasteiger partial charge is 0.508 e. The lowest BCUT2D eigenvalue weighted by molar-refractivity contribution is 0.306. The molecule has 2 aromatic carbocycles. The first-order valence-electron chi connectivity index (χ1n) is 6.45. The van der Waals surface area contributed by atoms with E-state index in [1.165, 1.54) is 0 Å². The molecular weight excluding hydrogens is 254 g/mol. The minimum atomic E-state index is 0.244. The van der Waals surface area contributed by atoms with Crippen molar-refractivity contribution >= 4 is 5.71 Å². The highest BCUT2D eigenvalue weighted by Gasteiger charge is 2.02. The van der Waals surface area contributed by atoms with Crippen LogP contribution in [0.5, 0.6) is 11.5 Å². The summed E-state index contributed by atoms with van der Waals surface area (Å²) < 4.78 is 5.65. The van der Waals surface area contributed by atoms with Gasteiger partial charge in [-0.15, -0.1) is 0 Å². The molecule has 4 nitrogen and oxygen atoms in total. The second-order valence-corrected chi connectivity index (χ2v) is 4.38. The van der Waals surface area contributed by atoms with Gasteiger partial charge in [0.05, 0.1) is 5.71 Å². The van der Waals surface area contributed by atoms with Gasteiger partial charge in [-0.25, -0.2) is 0 Å². The molecule has 0 unspecified atom stereocenters. The maximum absolute atomic E-state index is 9.20. The Morgan fingerprint density at radius 3 is 2.25 bits per heavy atom. The highest BCUT2D eigenvalue weighted by atomic mass is 16.5. The molecule has 0 aromatic heterocycles. The van der Waals surface area contributed by atoms with Crippen molar-refractivity contribution in [3.8, 4) is 11.5 Å². The quantitative estimate of drug-likeness (QED) is 0.496. The van der Waals surface area contributed by atoms with Gasteiger partial charge >= 0.3 is 0 Å². The Morgan fingerprint density at radius 1 is 1.05 bits per heavy atom. The van der Waals surface area contributed by atoms with E-state index in [9.17, 15) is 5.11 Å². The first-order valence-corrected chi connectivity index (χ1v) is 6.45. The van der Waals surface area contributed by atoms with Crippen molar-refractivity contribution in [3.05, 3.63) is 59.7 Å². The van der Waals surface area contributed by atoms with Crippen LogP contribution < -0.4 is 4.74 Å². The van der Waals surface area contributed by atoms with Crippen molar-refractivity contribution in [1.82, 2.24) is 0 Å². The maximum atomic E-state index is 9.20. The van der Waals surface area contributed by atoms with E-state index >= 15 is 0 Å². The van der Waals surface area contributed by atoms with E-state index in [4.69, 9.17) is 9.94 Å². The molecule has 0 spiro atoms. The van der Waals surface area contributed by atoms with Gasteiger partial charge in [-0.1, -0.05) is 24.2 Å². The van der Waals surface area contributed by atoms with Crippen LogP contribution in [0, 0.1) is 0 Å². The van der Waals surface area contributed by atoms with Crippen molar-refractivity contribution in [1.29, 1.82) is 0 Å². The molecule has 0 aliphatic heterocycles. The van der Waals surface area contributed by atoms with Crippen LogP contribution in [-0.2, 0) is 6.61 Å². The van der Waals surface area contributed by atoms with Crippen LogP contribution in [0.25, 0.3) is 0 Å². The molecule has 2 aromatic rings. The van der Waals surface area contributed by atoms with Crippen molar-refractivity contribution in [2.24, 2.45) is 5.16 Å². The normalized spacial score (nSPS) is 11.3. The average molecular weight is 271 g/mol. The molecule has 20 heavy (non-hydrogen) atoms. The van der Waals surface area contributed by atoms with Crippen molar-refractivity contribution < 1.29 is 15.1 Å². The molecule has 0 bridgehead atoms. The number of phenols is 1. The number of ether oxygens (including phenoxy) is 1. The molecule has 0 atom stereocenters. The highest BCUT2D eigenvalue weighted by Crippen LogP contribution is 2.16. The minimum absolute atomic E-state index is 0.244. The van der Waals surface area contributed by atoms with E-state index in [1.807, 2.05) is 43.3 Å². The van der Waals surface area contributed by atoms with Crippen LogP contribution in [-0.4, -0.2) is 16.0 Å². The van der Waals surface area contributed by atoms with Crippen molar-refractivity contribution in [2.75, 3.05) is 0 Å². The van der Waals surface area contributed by atoms with Gasteiger partial charge in [0.25, 0.3) is 0 Å². The zero-order valence-electron chi connectivity index (χ0n) is 11.3. The molecule has 2 rings (SSSR count). The molecule has 0 aliphatic rings. The molecule has 0 amide bonds. The summed E-state index contributed by atoms with van der Waals surface area (Å²) in [4.78, 5) is 0. The van der Waals surface area contributed by atoms with Gasteiger partial charge in [0.1, 0.15) is 18.1 Å². The Kier molecular flexibility index (Phi) is 4.60. The van der Waals surface area contributed by atoms with Gasteiger partial charge in [0.2, 0.25) is 0 Å². The predicted octanol–water partition coefficient (Wildman–Crippen LogP) is 3.56. The van der Waals surface area contributed by atoms with Gasteiger partial charge in [0.15, 0.2) is 0 Å². The van der Waals surface area contributed by atoms with Crippen LogP contribution in [0.4, 0.5) is 0 Å². The topological polar surface area (TPSA) is 62.1 Å². The summed E-state index contributed by atoms with van der Waals surface area (Å²) in [5, 5.41) is 21.3.